The number of benzene rings is 8. The van der Waals surface area contributed by atoms with Crippen molar-refractivity contribution in [3.05, 3.63) is 199 Å². The smallest absolute Gasteiger partial charge is 0.252 e. The first-order valence-corrected chi connectivity index (χ1v) is 19.8. The minimum Gasteiger partial charge on any atom is -0.315 e. The number of fused-ring (bicyclic) bond motifs is 6. The molecular formula is C52H37BN4. The number of rotatable bonds is 6. The van der Waals surface area contributed by atoms with E-state index in [9.17, 15) is 0 Å². The second kappa shape index (κ2) is 12.1. The molecule has 2 aliphatic rings. The summed E-state index contributed by atoms with van der Waals surface area (Å²) in [6, 6.07) is 68.9. The number of nitrogens with zero attached hydrogens (tertiary/aromatic N) is 4. The van der Waals surface area contributed by atoms with Crippen LogP contribution in [0.2, 0.25) is 0 Å². The molecule has 268 valence electrons. The van der Waals surface area contributed by atoms with Crippen LogP contribution in [0.4, 0.5) is 34.1 Å². The molecule has 57 heavy (non-hydrogen) atoms. The van der Waals surface area contributed by atoms with Crippen LogP contribution in [-0.2, 0) is 0 Å². The maximum Gasteiger partial charge on any atom is 0.252 e. The Labute approximate surface area is 332 Å². The molecule has 0 saturated heterocycles. The zero-order valence-corrected chi connectivity index (χ0v) is 31.8. The summed E-state index contributed by atoms with van der Waals surface area (Å²) in [4.78, 5) is 4.82. The number of aryl methyl sites for hydroxylation is 2. The molecule has 5 heteroatoms. The van der Waals surface area contributed by atoms with Crippen LogP contribution in [-0.4, -0.2) is 15.8 Å². The molecule has 0 aliphatic carbocycles. The largest absolute Gasteiger partial charge is 0.315 e. The Hall–Kier alpha value is -7.24. The fourth-order valence-corrected chi connectivity index (χ4v) is 10.0. The fraction of sp³-hybridized carbons (Fsp3) is 0.0385. The topological polar surface area (TPSA) is 16.3 Å². The van der Waals surface area contributed by atoms with Crippen molar-refractivity contribution in [2.24, 2.45) is 0 Å². The summed E-state index contributed by atoms with van der Waals surface area (Å²) in [5.74, 6) is 0. The van der Waals surface area contributed by atoms with Crippen LogP contribution in [0.1, 0.15) is 11.4 Å². The lowest BCUT2D eigenvalue weighted by atomic mass is 9.34. The van der Waals surface area contributed by atoms with Crippen LogP contribution >= 0.6 is 0 Å². The highest BCUT2D eigenvalue weighted by atomic mass is 15.2. The molecule has 2 aliphatic heterocycles. The zero-order chi connectivity index (χ0) is 37.8. The SMILES string of the molecule is Cc1cc2c(N(c3ccccc3)c3ccccc3)ccc3c2n1-c1cc2ccccc2c2c1B3c1ccc(N(c3ccccc3)c3ccccc3)c3cc(C)n-2c13. The van der Waals surface area contributed by atoms with Gasteiger partial charge in [-0.05, 0) is 114 Å². The van der Waals surface area contributed by atoms with E-state index in [1.54, 1.807) is 0 Å². The van der Waals surface area contributed by atoms with Crippen molar-refractivity contribution in [2.45, 2.75) is 13.8 Å². The molecule has 12 rings (SSSR count). The average molecular weight is 729 g/mol. The van der Waals surface area contributed by atoms with Crippen molar-refractivity contribution >= 4 is 89.8 Å². The van der Waals surface area contributed by atoms with Crippen LogP contribution in [0.15, 0.2) is 188 Å². The third-order valence-electron chi connectivity index (χ3n) is 12.3. The number of anilines is 6. The second-order valence-corrected chi connectivity index (χ2v) is 15.4. The minimum absolute atomic E-state index is 0.0418. The molecule has 0 fully saturated rings. The van der Waals surface area contributed by atoms with Gasteiger partial charge in [-0.15, -0.1) is 0 Å². The molecule has 0 atom stereocenters. The second-order valence-electron chi connectivity index (χ2n) is 15.4. The first-order chi connectivity index (χ1) is 28.2. The van der Waals surface area contributed by atoms with Crippen molar-refractivity contribution < 1.29 is 0 Å². The van der Waals surface area contributed by atoms with Gasteiger partial charge in [-0.3, -0.25) is 0 Å². The quantitative estimate of drug-likeness (QED) is 0.159. The average Bonchev–Trinajstić information content (AvgIpc) is 3.80. The van der Waals surface area contributed by atoms with Gasteiger partial charge in [-0.25, -0.2) is 0 Å². The molecule has 0 N–H and O–H groups in total. The Balaban J connectivity index is 1.18. The number of hydrogen-bond donors (Lipinski definition) is 0. The summed E-state index contributed by atoms with van der Waals surface area (Å²) >= 11 is 0. The van der Waals surface area contributed by atoms with E-state index in [-0.39, 0.29) is 6.71 Å². The molecule has 10 aromatic rings. The lowest BCUT2D eigenvalue weighted by Gasteiger charge is -2.36. The maximum absolute atomic E-state index is 2.57. The molecule has 2 aromatic heterocycles. The van der Waals surface area contributed by atoms with Gasteiger partial charge in [0.05, 0.1) is 28.1 Å². The highest BCUT2D eigenvalue weighted by Crippen LogP contribution is 2.45. The Bertz CT molecular complexity index is 3120. The van der Waals surface area contributed by atoms with E-state index in [0.717, 1.165) is 22.7 Å². The van der Waals surface area contributed by atoms with E-state index in [4.69, 9.17) is 0 Å². The van der Waals surface area contributed by atoms with Crippen LogP contribution in [0.25, 0.3) is 44.0 Å². The first kappa shape index (κ1) is 32.1. The summed E-state index contributed by atoms with van der Waals surface area (Å²) in [7, 11) is 0. The van der Waals surface area contributed by atoms with Crippen molar-refractivity contribution in [2.75, 3.05) is 9.80 Å². The predicted molar refractivity (Wildman–Crippen MR) is 241 cm³/mol. The molecule has 8 aromatic carbocycles. The molecule has 4 nitrogen and oxygen atoms in total. The summed E-state index contributed by atoms with van der Waals surface area (Å²) in [6.07, 6.45) is 0. The third-order valence-corrected chi connectivity index (χ3v) is 12.3. The lowest BCUT2D eigenvalue weighted by Crippen LogP contribution is -2.59. The van der Waals surface area contributed by atoms with Crippen molar-refractivity contribution in [1.29, 1.82) is 0 Å². The van der Waals surface area contributed by atoms with Gasteiger partial charge in [0, 0.05) is 56.0 Å². The molecule has 0 unspecified atom stereocenters. The van der Waals surface area contributed by atoms with Crippen LogP contribution in [0.3, 0.4) is 0 Å². The lowest BCUT2D eigenvalue weighted by molar-refractivity contribution is 1.04. The molecule has 0 spiro atoms. The van der Waals surface area contributed by atoms with Gasteiger partial charge in [-0.2, -0.15) is 0 Å². The number of para-hydroxylation sites is 4. The van der Waals surface area contributed by atoms with Gasteiger partial charge < -0.3 is 18.9 Å². The molecule has 4 heterocycles. The third kappa shape index (κ3) is 4.51. The molecule has 0 bridgehead atoms. The van der Waals surface area contributed by atoms with Crippen molar-refractivity contribution in [1.82, 2.24) is 9.13 Å². The fourth-order valence-electron chi connectivity index (χ4n) is 10.0. The Morgan fingerprint density at radius 1 is 0.404 bits per heavy atom. The number of hydrogen-bond acceptors (Lipinski definition) is 2. The first-order valence-electron chi connectivity index (χ1n) is 19.8. The van der Waals surface area contributed by atoms with Gasteiger partial charge in [-0.1, -0.05) is 109 Å². The number of aromatic nitrogens is 2. The highest BCUT2D eigenvalue weighted by molar-refractivity contribution is 7.00. The predicted octanol–water partition coefficient (Wildman–Crippen LogP) is 11.4. The van der Waals surface area contributed by atoms with Gasteiger partial charge in [0.1, 0.15) is 0 Å². The van der Waals surface area contributed by atoms with Gasteiger partial charge in [0.2, 0.25) is 0 Å². The monoisotopic (exact) mass is 728 g/mol. The standard InChI is InChI=1S/C52H37BN4/c1-34-31-42-46(56(37-18-7-3-8-19-37)38-20-9-4-10-21-38)29-27-44-50(42)54(34)48-33-36-17-15-16-26-41(36)52-49(48)53(44)45-28-30-47(43-32-35(2)55(52)51(43)45)57(39-22-11-5-12-23-39)40-24-13-6-14-25-40/h3-33H,1-2H3. The summed E-state index contributed by atoms with van der Waals surface area (Å²) in [6.45, 7) is 4.59. The molecule has 0 amide bonds. The van der Waals surface area contributed by atoms with Crippen LogP contribution in [0, 0.1) is 13.8 Å². The molecule has 0 saturated carbocycles. The Kier molecular flexibility index (Phi) is 6.82. The van der Waals surface area contributed by atoms with E-state index in [2.05, 4.69) is 221 Å². The summed E-state index contributed by atoms with van der Waals surface area (Å²) in [5, 5.41) is 5.03. The zero-order valence-electron chi connectivity index (χ0n) is 31.8. The van der Waals surface area contributed by atoms with Crippen molar-refractivity contribution in [3.63, 3.8) is 0 Å². The Morgan fingerprint density at radius 3 is 1.32 bits per heavy atom. The molecular weight excluding hydrogens is 691 g/mol. The van der Waals surface area contributed by atoms with E-state index in [1.807, 2.05) is 0 Å². The van der Waals surface area contributed by atoms with Crippen LogP contribution in [0.5, 0.6) is 0 Å². The van der Waals surface area contributed by atoms with Crippen molar-refractivity contribution in [3.8, 4) is 11.4 Å². The maximum atomic E-state index is 2.57. The van der Waals surface area contributed by atoms with Gasteiger partial charge in [0.15, 0.2) is 0 Å². The minimum atomic E-state index is 0.0418. The van der Waals surface area contributed by atoms with E-state index in [0.29, 0.717) is 0 Å². The van der Waals surface area contributed by atoms with E-state index in [1.165, 1.54) is 83.1 Å². The van der Waals surface area contributed by atoms with Gasteiger partial charge >= 0.3 is 0 Å². The highest BCUT2D eigenvalue weighted by Gasteiger charge is 2.42. The Morgan fingerprint density at radius 2 is 0.825 bits per heavy atom. The van der Waals surface area contributed by atoms with Gasteiger partial charge in [0.25, 0.3) is 6.71 Å². The van der Waals surface area contributed by atoms with E-state index >= 15 is 0 Å². The summed E-state index contributed by atoms with van der Waals surface area (Å²) < 4.78 is 5.12. The van der Waals surface area contributed by atoms with Crippen LogP contribution < -0.4 is 26.2 Å². The summed E-state index contributed by atoms with van der Waals surface area (Å²) in [5.41, 5.74) is 18.5. The van der Waals surface area contributed by atoms with E-state index < -0.39 is 0 Å². The molecule has 0 radical (unpaired) electrons. The normalized spacial score (nSPS) is 12.4.